The predicted octanol–water partition coefficient (Wildman–Crippen LogP) is 4.73. The standard InChI is InChI=1S/C18H14N2S/c1-2-6-13(7-3-1)10-19-18-14-8-4-5-9-16(14)20-17-12-21-11-15(17)18/h1-10H,11-12H2. The number of benzene rings is 2. The number of hydrogen-bond acceptors (Lipinski definition) is 3. The van der Waals surface area contributed by atoms with Gasteiger partial charge in [-0.15, -0.1) is 0 Å². The molecule has 1 aliphatic heterocycles. The maximum Gasteiger partial charge on any atom is 0.0782 e. The Morgan fingerprint density at radius 1 is 0.952 bits per heavy atom. The van der Waals surface area contributed by atoms with E-state index in [1.54, 1.807) is 0 Å². The minimum Gasteiger partial charge on any atom is -0.255 e. The van der Waals surface area contributed by atoms with E-state index in [-0.39, 0.29) is 0 Å². The molecule has 0 saturated heterocycles. The highest BCUT2D eigenvalue weighted by molar-refractivity contribution is 7.98. The number of rotatable bonds is 2. The predicted molar refractivity (Wildman–Crippen MR) is 90.4 cm³/mol. The van der Waals surface area contributed by atoms with Crippen LogP contribution in [0.4, 0.5) is 5.69 Å². The quantitative estimate of drug-likeness (QED) is 0.637. The lowest BCUT2D eigenvalue weighted by atomic mass is 10.1. The third-order valence-electron chi connectivity index (χ3n) is 3.68. The zero-order valence-electron chi connectivity index (χ0n) is 11.5. The highest BCUT2D eigenvalue weighted by atomic mass is 32.2. The maximum absolute atomic E-state index is 4.80. The molecule has 0 radical (unpaired) electrons. The molecule has 1 aliphatic rings. The van der Waals surface area contributed by atoms with Gasteiger partial charge in [0.05, 0.1) is 16.9 Å². The highest BCUT2D eigenvalue weighted by Gasteiger charge is 2.19. The van der Waals surface area contributed by atoms with Crippen LogP contribution >= 0.6 is 11.8 Å². The van der Waals surface area contributed by atoms with Crippen molar-refractivity contribution in [3.63, 3.8) is 0 Å². The van der Waals surface area contributed by atoms with Crippen molar-refractivity contribution < 1.29 is 0 Å². The van der Waals surface area contributed by atoms with Crippen molar-refractivity contribution in [2.75, 3.05) is 0 Å². The Hall–Kier alpha value is -2.13. The third kappa shape index (κ3) is 2.34. The van der Waals surface area contributed by atoms with Gasteiger partial charge in [-0.1, -0.05) is 48.5 Å². The first kappa shape index (κ1) is 12.6. The molecule has 1 aromatic heterocycles. The normalized spacial score (nSPS) is 13.9. The second kappa shape index (κ2) is 5.34. The summed E-state index contributed by atoms with van der Waals surface area (Å²) in [6.45, 7) is 0. The molecule has 0 fully saturated rings. The van der Waals surface area contributed by atoms with Crippen molar-refractivity contribution in [2.45, 2.75) is 11.5 Å². The highest BCUT2D eigenvalue weighted by Crippen LogP contribution is 2.39. The fourth-order valence-corrected chi connectivity index (χ4v) is 3.67. The summed E-state index contributed by atoms with van der Waals surface area (Å²) in [4.78, 5) is 9.57. The first-order valence-electron chi connectivity index (χ1n) is 6.99. The molecule has 2 heterocycles. The molecule has 0 spiro atoms. The summed E-state index contributed by atoms with van der Waals surface area (Å²) in [5.41, 5.74) is 5.74. The minimum absolute atomic E-state index is 0.994. The van der Waals surface area contributed by atoms with Gasteiger partial charge < -0.3 is 0 Å². The van der Waals surface area contributed by atoms with Gasteiger partial charge in [-0.05, 0) is 11.6 Å². The van der Waals surface area contributed by atoms with Crippen LogP contribution in [0.25, 0.3) is 10.9 Å². The molecule has 3 heteroatoms. The SMILES string of the molecule is C(=Nc1c2c(nc3ccccc13)CSC2)c1ccccc1. The van der Waals surface area contributed by atoms with E-state index in [9.17, 15) is 0 Å². The van der Waals surface area contributed by atoms with E-state index in [0.29, 0.717) is 0 Å². The van der Waals surface area contributed by atoms with Crippen LogP contribution < -0.4 is 0 Å². The van der Waals surface area contributed by atoms with Crippen molar-refractivity contribution in [1.82, 2.24) is 4.98 Å². The Balaban J connectivity index is 1.89. The number of aliphatic imine (C=N–C) groups is 1. The number of nitrogens with zero attached hydrogens (tertiary/aromatic N) is 2. The van der Waals surface area contributed by atoms with Crippen LogP contribution in [0.3, 0.4) is 0 Å². The number of hydrogen-bond donors (Lipinski definition) is 0. The monoisotopic (exact) mass is 290 g/mol. The summed E-state index contributed by atoms with van der Waals surface area (Å²) in [7, 11) is 0. The van der Waals surface area contributed by atoms with Crippen molar-refractivity contribution in [1.29, 1.82) is 0 Å². The topological polar surface area (TPSA) is 25.2 Å². The zero-order valence-corrected chi connectivity index (χ0v) is 12.3. The van der Waals surface area contributed by atoms with Crippen LogP contribution in [0, 0.1) is 0 Å². The molecule has 0 N–H and O–H groups in total. The van der Waals surface area contributed by atoms with E-state index in [1.807, 2.05) is 42.2 Å². The number of para-hydroxylation sites is 1. The minimum atomic E-state index is 0.994. The van der Waals surface area contributed by atoms with E-state index >= 15 is 0 Å². The fourth-order valence-electron chi connectivity index (χ4n) is 2.63. The van der Waals surface area contributed by atoms with Gasteiger partial charge in [0.15, 0.2) is 0 Å². The third-order valence-corrected chi connectivity index (χ3v) is 4.65. The van der Waals surface area contributed by atoms with Gasteiger partial charge in [0.25, 0.3) is 0 Å². The summed E-state index contributed by atoms with van der Waals surface area (Å²) in [6.07, 6.45) is 1.95. The van der Waals surface area contributed by atoms with Gasteiger partial charge >= 0.3 is 0 Å². The Morgan fingerprint density at radius 3 is 2.67 bits per heavy atom. The molecule has 0 amide bonds. The molecule has 21 heavy (non-hydrogen) atoms. The first-order valence-corrected chi connectivity index (χ1v) is 8.14. The van der Waals surface area contributed by atoms with Crippen LogP contribution in [-0.4, -0.2) is 11.2 Å². The van der Waals surface area contributed by atoms with Crippen LogP contribution in [0.5, 0.6) is 0 Å². The molecule has 102 valence electrons. The molecule has 2 aromatic carbocycles. The Kier molecular flexibility index (Phi) is 3.20. The van der Waals surface area contributed by atoms with Crippen LogP contribution in [-0.2, 0) is 11.5 Å². The molecule has 0 atom stereocenters. The van der Waals surface area contributed by atoms with Gasteiger partial charge in [-0.25, -0.2) is 0 Å². The second-order valence-electron chi connectivity index (χ2n) is 5.06. The molecule has 0 unspecified atom stereocenters. The molecule has 2 nitrogen and oxygen atoms in total. The second-order valence-corrected chi connectivity index (χ2v) is 6.05. The fraction of sp³-hybridized carbons (Fsp3) is 0.111. The molecule has 0 bridgehead atoms. The lowest BCUT2D eigenvalue weighted by molar-refractivity contribution is 1.19. The van der Waals surface area contributed by atoms with E-state index in [4.69, 9.17) is 9.98 Å². The Bertz CT molecular complexity index is 825. The lowest BCUT2D eigenvalue weighted by Gasteiger charge is -2.07. The Morgan fingerprint density at radius 2 is 1.76 bits per heavy atom. The molecular formula is C18H14N2S. The lowest BCUT2D eigenvalue weighted by Crippen LogP contribution is -1.91. The van der Waals surface area contributed by atoms with Gasteiger partial charge in [-0.3, -0.25) is 9.98 Å². The van der Waals surface area contributed by atoms with Crippen LogP contribution in [0.1, 0.15) is 16.8 Å². The van der Waals surface area contributed by atoms with Gasteiger partial charge in [0, 0.05) is 28.7 Å². The zero-order chi connectivity index (χ0) is 14.1. The summed E-state index contributed by atoms with van der Waals surface area (Å²) < 4.78 is 0. The average Bonchev–Trinajstić information content (AvgIpc) is 3.00. The molecule has 3 aromatic rings. The molecule has 4 rings (SSSR count). The van der Waals surface area contributed by atoms with Gasteiger partial charge in [-0.2, -0.15) is 11.8 Å². The number of pyridine rings is 1. The molecular weight excluding hydrogens is 276 g/mol. The van der Waals surface area contributed by atoms with Crippen LogP contribution in [0.2, 0.25) is 0 Å². The van der Waals surface area contributed by atoms with Crippen molar-refractivity contribution in [3.8, 4) is 0 Å². The van der Waals surface area contributed by atoms with Crippen molar-refractivity contribution in [3.05, 3.63) is 71.4 Å². The maximum atomic E-state index is 4.80. The van der Waals surface area contributed by atoms with Crippen molar-refractivity contribution >= 4 is 34.6 Å². The number of thioether (sulfide) groups is 1. The van der Waals surface area contributed by atoms with Crippen molar-refractivity contribution in [2.24, 2.45) is 4.99 Å². The number of aromatic nitrogens is 1. The first-order chi connectivity index (χ1) is 10.4. The summed E-state index contributed by atoms with van der Waals surface area (Å²) in [6, 6.07) is 18.5. The summed E-state index contributed by atoms with van der Waals surface area (Å²) in [5.74, 6) is 2.00. The van der Waals surface area contributed by atoms with Gasteiger partial charge in [0.1, 0.15) is 0 Å². The van der Waals surface area contributed by atoms with Gasteiger partial charge in [0.2, 0.25) is 0 Å². The number of fused-ring (bicyclic) bond motifs is 2. The largest absolute Gasteiger partial charge is 0.255 e. The average molecular weight is 290 g/mol. The van der Waals surface area contributed by atoms with E-state index in [0.717, 1.165) is 33.7 Å². The Labute approximate surface area is 127 Å². The summed E-state index contributed by atoms with van der Waals surface area (Å²) in [5, 5.41) is 1.14. The molecule has 0 saturated carbocycles. The smallest absolute Gasteiger partial charge is 0.0782 e. The van der Waals surface area contributed by atoms with Crippen LogP contribution in [0.15, 0.2) is 59.6 Å². The van der Waals surface area contributed by atoms with E-state index in [1.165, 1.54) is 11.3 Å². The van der Waals surface area contributed by atoms with E-state index < -0.39 is 0 Å². The van der Waals surface area contributed by atoms with E-state index in [2.05, 4.69) is 30.3 Å². The molecule has 0 aliphatic carbocycles. The summed E-state index contributed by atoms with van der Waals surface area (Å²) >= 11 is 1.91.